The van der Waals surface area contributed by atoms with Crippen molar-refractivity contribution in [3.8, 4) is 18.1 Å². The molecule has 0 spiro atoms. The lowest BCUT2D eigenvalue weighted by atomic mass is 10.1. The quantitative estimate of drug-likeness (QED) is 0.513. The minimum Gasteiger partial charge on any atom is -0.477 e. The smallest absolute Gasteiger partial charge is 0.342 e. The number of carboxylic acids is 1. The van der Waals surface area contributed by atoms with Crippen molar-refractivity contribution in [3.05, 3.63) is 33.6 Å². The summed E-state index contributed by atoms with van der Waals surface area (Å²) < 4.78 is 18.7. The predicted molar refractivity (Wildman–Crippen MR) is 63.6 cm³/mol. The molecule has 100 valence electrons. The van der Waals surface area contributed by atoms with Gasteiger partial charge in [-0.25, -0.2) is 9.18 Å². The van der Waals surface area contributed by atoms with Crippen LogP contribution in [-0.2, 0) is 0 Å². The van der Waals surface area contributed by atoms with Crippen molar-refractivity contribution in [3.63, 3.8) is 0 Å². The molecule has 6 nitrogen and oxygen atoms in total. The van der Waals surface area contributed by atoms with Crippen molar-refractivity contribution in [1.29, 1.82) is 0 Å². The van der Waals surface area contributed by atoms with Crippen LogP contribution in [0.2, 0.25) is 0 Å². The van der Waals surface area contributed by atoms with Crippen molar-refractivity contribution in [2.75, 3.05) is 0 Å². The van der Waals surface area contributed by atoms with Gasteiger partial charge in [-0.2, -0.15) is 0 Å². The Labute approximate surface area is 108 Å². The van der Waals surface area contributed by atoms with Gasteiger partial charge in [0.2, 0.25) is 0 Å². The van der Waals surface area contributed by atoms with E-state index in [4.69, 9.17) is 16.3 Å². The van der Waals surface area contributed by atoms with Crippen LogP contribution in [0.15, 0.2) is 12.1 Å². The van der Waals surface area contributed by atoms with E-state index < -0.39 is 39.3 Å². The number of hydrogen-bond acceptors (Lipinski definition) is 4. The maximum atomic E-state index is 13.6. The fraction of sp³-hybridized carbons (Fsp3) is 0.250. The Hall–Kier alpha value is -2.62. The lowest BCUT2D eigenvalue weighted by Crippen LogP contribution is -2.26. The van der Waals surface area contributed by atoms with Gasteiger partial charge in [-0.05, 0) is 13.8 Å². The lowest BCUT2D eigenvalue weighted by Gasteiger charge is -2.20. The Bertz CT molecular complexity index is 589. The number of halogens is 1. The molecule has 0 unspecified atom stereocenters. The molecule has 0 heterocycles. The molecular weight excluding hydrogens is 257 g/mol. The number of carboxylic acid groups (broad SMARTS) is 1. The highest BCUT2D eigenvalue weighted by atomic mass is 19.1. The zero-order valence-electron chi connectivity index (χ0n) is 10.1. The number of nitrogens with zero attached hydrogens (tertiary/aromatic N) is 1. The van der Waals surface area contributed by atoms with Crippen molar-refractivity contribution >= 4 is 11.7 Å². The molecule has 0 aliphatic rings. The van der Waals surface area contributed by atoms with Crippen molar-refractivity contribution in [2.24, 2.45) is 0 Å². The van der Waals surface area contributed by atoms with Crippen LogP contribution in [0.25, 0.3) is 0 Å². The molecular formula is C12H10FNO5. The third kappa shape index (κ3) is 3.19. The van der Waals surface area contributed by atoms with E-state index >= 15 is 0 Å². The molecule has 0 saturated heterocycles. The van der Waals surface area contributed by atoms with Gasteiger partial charge in [0.15, 0.2) is 17.2 Å². The zero-order chi connectivity index (χ0) is 14.8. The summed E-state index contributed by atoms with van der Waals surface area (Å²) in [6.45, 7) is 2.93. The van der Waals surface area contributed by atoms with E-state index in [1.807, 2.05) is 0 Å². The Morgan fingerprint density at radius 2 is 2.16 bits per heavy atom. The van der Waals surface area contributed by atoms with Crippen LogP contribution in [0.3, 0.4) is 0 Å². The van der Waals surface area contributed by atoms with Gasteiger partial charge in [0.25, 0.3) is 5.69 Å². The van der Waals surface area contributed by atoms with Crippen LogP contribution in [0.1, 0.15) is 24.2 Å². The number of rotatable bonds is 4. The molecule has 1 N–H and O–H groups in total. The van der Waals surface area contributed by atoms with Crippen LogP contribution >= 0.6 is 0 Å². The minimum atomic E-state index is -1.56. The van der Waals surface area contributed by atoms with Gasteiger partial charge in [0.05, 0.1) is 11.0 Å². The molecule has 7 heteroatoms. The second kappa shape index (κ2) is 4.94. The monoisotopic (exact) mass is 267 g/mol. The summed E-state index contributed by atoms with van der Waals surface area (Å²) in [6, 6.07) is 1.24. The second-order valence-electron chi connectivity index (χ2n) is 4.12. The van der Waals surface area contributed by atoms with Gasteiger partial charge in [0.1, 0.15) is 5.56 Å². The molecule has 0 aliphatic heterocycles. The number of benzene rings is 1. The van der Waals surface area contributed by atoms with E-state index in [0.29, 0.717) is 6.07 Å². The summed E-state index contributed by atoms with van der Waals surface area (Å²) in [6.07, 6.45) is 5.16. The third-order valence-electron chi connectivity index (χ3n) is 2.19. The van der Waals surface area contributed by atoms with Crippen LogP contribution in [-0.4, -0.2) is 21.6 Å². The first kappa shape index (κ1) is 14.4. The minimum absolute atomic E-state index is 0.453. The van der Waals surface area contributed by atoms with Crippen LogP contribution in [0, 0.1) is 28.3 Å². The predicted octanol–water partition coefficient (Wildman–Crippen LogP) is 2.22. The van der Waals surface area contributed by atoms with Gasteiger partial charge in [-0.3, -0.25) is 10.1 Å². The second-order valence-corrected chi connectivity index (χ2v) is 4.12. The Morgan fingerprint density at radius 1 is 1.58 bits per heavy atom. The SMILES string of the molecule is C#CC(C)(C)Oc1cc(C(=O)O)c([N+](=O)[O-])cc1F. The highest BCUT2D eigenvalue weighted by Crippen LogP contribution is 2.29. The molecule has 0 radical (unpaired) electrons. The Morgan fingerprint density at radius 3 is 2.58 bits per heavy atom. The summed E-state index contributed by atoms with van der Waals surface area (Å²) in [7, 11) is 0. The summed E-state index contributed by atoms with van der Waals surface area (Å²) in [5.74, 6) is -0.836. The van der Waals surface area contributed by atoms with Crippen molar-refractivity contribution in [2.45, 2.75) is 19.4 Å². The molecule has 19 heavy (non-hydrogen) atoms. The average Bonchev–Trinajstić information content (AvgIpc) is 2.30. The van der Waals surface area contributed by atoms with Gasteiger partial charge in [-0.15, -0.1) is 6.42 Å². The molecule has 1 aromatic rings. The normalized spacial score (nSPS) is 10.6. The van der Waals surface area contributed by atoms with E-state index in [2.05, 4.69) is 5.92 Å². The molecule has 0 atom stereocenters. The molecule has 0 aromatic heterocycles. The third-order valence-corrected chi connectivity index (χ3v) is 2.19. The van der Waals surface area contributed by atoms with E-state index in [-0.39, 0.29) is 0 Å². The number of hydrogen-bond donors (Lipinski definition) is 1. The van der Waals surface area contributed by atoms with E-state index in [1.54, 1.807) is 0 Å². The number of terminal acetylenes is 1. The molecule has 0 amide bonds. The largest absolute Gasteiger partial charge is 0.477 e. The Balaban J connectivity index is 3.38. The van der Waals surface area contributed by atoms with Crippen LogP contribution in [0.5, 0.6) is 5.75 Å². The summed E-state index contributed by atoms with van der Waals surface area (Å²) in [4.78, 5) is 20.6. The fourth-order valence-corrected chi connectivity index (χ4v) is 1.25. The first-order valence-electron chi connectivity index (χ1n) is 5.06. The number of ether oxygens (including phenoxy) is 1. The van der Waals surface area contributed by atoms with Crippen LogP contribution in [0.4, 0.5) is 10.1 Å². The summed E-state index contributed by atoms with van der Waals surface area (Å²) >= 11 is 0. The van der Waals surface area contributed by atoms with Crippen molar-refractivity contribution < 1.29 is 24.0 Å². The maximum absolute atomic E-state index is 13.6. The zero-order valence-corrected chi connectivity index (χ0v) is 10.1. The Kier molecular flexibility index (Phi) is 3.75. The first-order chi connectivity index (χ1) is 8.68. The van der Waals surface area contributed by atoms with E-state index in [9.17, 15) is 19.3 Å². The highest BCUT2D eigenvalue weighted by Gasteiger charge is 2.26. The maximum Gasteiger partial charge on any atom is 0.342 e. The summed E-state index contributed by atoms with van der Waals surface area (Å²) in [5, 5.41) is 19.5. The standard InChI is InChI=1S/C12H10FNO5/c1-4-12(2,3)19-10-5-7(11(15)16)9(14(17)18)6-8(10)13/h1,5-6H,2-3H3,(H,15,16). The highest BCUT2D eigenvalue weighted by molar-refractivity contribution is 5.92. The molecule has 0 saturated carbocycles. The van der Waals surface area contributed by atoms with Gasteiger partial charge in [0, 0.05) is 6.07 Å². The lowest BCUT2D eigenvalue weighted by molar-refractivity contribution is -0.385. The van der Waals surface area contributed by atoms with Gasteiger partial charge >= 0.3 is 5.97 Å². The number of nitro groups is 1. The average molecular weight is 267 g/mol. The fourth-order valence-electron chi connectivity index (χ4n) is 1.25. The molecule has 0 fully saturated rings. The van der Waals surface area contributed by atoms with Gasteiger partial charge < -0.3 is 9.84 Å². The first-order valence-corrected chi connectivity index (χ1v) is 5.06. The molecule has 0 aliphatic carbocycles. The van der Waals surface area contributed by atoms with Gasteiger partial charge in [-0.1, -0.05) is 5.92 Å². The van der Waals surface area contributed by atoms with E-state index in [1.165, 1.54) is 13.8 Å². The topological polar surface area (TPSA) is 89.7 Å². The number of nitro benzene ring substituents is 1. The summed E-state index contributed by atoms with van der Waals surface area (Å²) in [5.41, 5.74) is -2.70. The van der Waals surface area contributed by atoms with E-state index in [0.717, 1.165) is 6.07 Å². The molecule has 0 bridgehead atoms. The number of carbonyl (C=O) groups is 1. The molecule has 1 aromatic carbocycles. The number of aromatic carboxylic acids is 1. The van der Waals surface area contributed by atoms with Crippen LogP contribution < -0.4 is 4.74 Å². The molecule has 1 rings (SSSR count). The van der Waals surface area contributed by atoms with Crippen molar-refractivity contribution in [1.82, 2.24) is 0 Å².